The molecule has 136 valence electrons. The molecule has 2 aromatic rings. The Hall–Kier alpha value is -3.42. The number of esters is 1. The lowest BCUT2D eigenvalue weighted by molar-refractivity contribution is -0.385. The highest BCUT2D eigenvalue weighted by atomic mass is 16.6. The molecule has 0 aromatic heterocycles. The lowest BCUT2D eigenvalue weighted by Crippen LogP contribution is -2.16. The molecule has 8 nitrogen and oxygen atoms in total. The van der Waals surface area contributed by atoms with Gasteiger partial charge in [0.15, 0.2) is 6.61 Å². The van der Waals surface area contributed by atoms with Crippen molar-refractivity contribution < 1.29 is 24.0 Å². The number of aryl methyl sites for hydroxylation is 1. The molecule has 0 aliphatic rings. The maximum absolute atomic E-state index is 12.4. The minimum atomic E-state index is -0.608. The van der Waals surface area contributed by atoms with Crippen LogP contribution in [0.15, 0.2) is 42.5 Å². The molecule has 1 amide bonds. The molecule has 8 heteroatoms. The zero-order valence-corrected chi connectivity index (χ0v) is 14.4. The van der Waals surface area contributed by atoms with Gasteiger partial charge in [-0.15, -0.1) is 0 Å². The van der Waals surface area contributed by atoms with Crippen LogP contribution in [-0.2, 0) is 9.53 Å². The smallest absolute Gasteiger partial charge is 0.344 e. The summed E-state index contributed by atoms with van der Waals surface area (Å²) in [5.41, 5.74) is 0.508. The first-order valence-corrected chi connectivity index (χ1v) is 7.86. The number of hydrogen-bond acceptors (Lipinski definition) is 6. The maximum Gasteiger partial charge on any atom is 0.344 e. The van der Waals surface area contributed by atoms with Gasteiger partial charge in [-0.1, -0.05) is 18.2 Å². The van der Waals surface area contributed by atoms with Crippen molar-refractivity contribution in [1.29, 1.82) is 0 Å². The van der Waals surface area contributed by atoms with Gasteiger partial charge in [-0.05, 0) is 32.0 Å². The van der Waals surface area contributed by atoms with Crippen LogP contribution in [0, 0.1) is 17.0 Å². The van der Waals surface area contributed by atoms with Gasteiger partial charge in [0.05, 0.1) is 11.5 Å². The van der Waals surface area contributed by atoms with Gasteiger partial charge in [0, 0.05) is 17.3 Å². The zero-order valence-electron chi connectivity index (χ0n) is 14.4. The normalized spacial score (nSPS) is 10.1. The molecule has 0 unspecified atom stereocenters. The highest BCUT2D eigenvalue weighted by Crippen LogP contribution is 2.25. The van der Waals surface area contributed by atoms with Crippen molar-refractivity contribution in [2.75, 3.05) is 18.5 Å². The summed E-state index contributed by atoms with van der Waals surface area (Å²) < 4.78 is 10.1. The fourth-order valence-electron chi connectivity index (χ4n) is 2.29. The van der Waals surface area contributed by atoms with Gasteiger partial charge >= 0.3 is 5.97 Å². The second-order valence-electron chi connectivity index (χ2n) is 5.30. The molecule has 0 saturated heterocycles. The number of nitro groups is 1. The third-order valence-electron chi connectivity index (χ3n) is 3.42. The lowest BCUT2D eigenvalue weighted by Gasteiger charge is -2.10. The Kier molecular flexibility index (Phi) is 6.26. The van der Waals surface area contributed by atoms with Crippen LogP contribution >= 0.6 is 0 Å². The molecule has 0 radical (unpaired) electrons. The summed E-state index contributed by atoms with van der Waals surface area (Å²) in [6.07, 6.45) is 0. The number of carbonyl (C=O) groups is 2. The number of ether oxygens (including phenoxy) is 2. The van der Waals surface area contributed by atoms with E-state index in [0.29, 0.717) is 17.0 Å². The third-order valence-corrected chi connectivity index (χ3v) is 3.42. The summed E-state index contributed by atoms with van der Waals surface area (Å²) >= 11 is 0. The highest BCUT2D eigenvalue weighted by molar-refractivity contribution is 6.07. The number of benzene rings is 2. The van der Waals surface area contributed by atoms with Gasteiger partial charge in [0.2, 0.25) is 0 Å². The summed E-state index contributed by atoms with van der Waals surface area (Å²) in [6.45, 7) is 3.26. The van der Waals surface area contributed by atoms with Crippen molar-refractivity contribution in [3.63, 3.8) is 0 Å². The number of para-hydroxylation sites is 1. The first kappa shape index (κ1) is 18.9. The molecule has 0 spiro atoms. The Labute approximate surface area is 149 Å². The van der Waals surface area contributed by atoms with Crippen LogP contribution in [0.1, 0.15) is 22.8 Å². The molecule has 2 rings (SSSR count). The second kappa shape index (κ2) is 8.61. The van der Waals surface area contributed by atoms with E-state index in [-0.39, 0.29) is 24.5 Å². The third kappa shape index (κ3) is 4.79. The Morgan fingerprint density at radius 2 is 1.92 bits per heavy atom. The van der Waals surface area contributed by atoms with Crippen molar-refractivity contribution >= 4 is 23.3 Å². The Bertz CT molecular complexity index is 834. The number of carbonyl (C=O) groups excluding carboxylic acids is 2. The van der Waals surface area contributed by atoms with E-state index in [1.54, 1.807) is 44.2 Å². The van der Waals surface area contributed by atoms with Crippen LogP contribution in [0.25, 0.3) is 0 Å². The molecule has 0 fully saturated rings. The number of hydrogen-bond donors (Lipinski definition) is 1. The number of nitrogens with one attached hydrogen (secondary N) is 1. The van der Waals surface area contributed by atoms with Crippen LogP contribution in [0.3, 0.4) is 0 Å². The summed E-state index contributed by atoms with van der Waals surface area (Å²) in [5.74, 6) is -0.755. The van der Waals surface area contributed by atoms with Crippen LogP contribution in [-0.4, -0.2) is 30.0 Å². The Balaban J connectivity index is 2.13. The average molecular weight is 358 g/mol. The molecule has 26 heavy (non-hydrogen) atoms. The van der Waals surface area contributed by atoms with Crippen molar-refractivity contribution in [2.45, 2.75) is 13.8 Å². The molecular formula is C18H18N2O6. The standard InChI is InChI=1S/C18H18N2O6/c1-3-25-16(21)11-26-14-8-5-7-13(10-14)19-18(22)15-9-4-6-12(2)17(15)20(23)24/h4-10H,3,11H2,1-2H3,(H,19,22). The molecule has 0 aliphatic heterocycles. The fraction of sp³-hybridized carbons (Fsp3) is 0.222. The van der Waals surface area contributed by atoms with E-state index in [9.17, 15) is 19.7 Å². The number of anilines is 1. The lowest BCUT2D eigenvalue weighted by atomic mass is 10.1. The van der Waals surface area contributed by atoms with Gasteiger partial charge in [0.1, 0.15) is 11.3 Å². The summed E-state index contributed by atoms with van der Waals surface area (Å²) in [6, 6.07) is 10.9. The molecule has 1 N–H and O–H groups in total. The van der Waals surface area contributed by atoms with E-state index in [1.165, 1.54) is 12.1 Å². The van der Waals surface area contributed by atoms with Crippen LogP contribution in [0.5, 0.6) is 5.75 Å². The molecule has 0 aliphatic carbocycles. The highest BCUT2D eigenvalue weighted by Gasteiger charge is 2.22. The van der Waals surface area contributed by atoms with Gasteiger partial charge in [-0.3, -0.25) is 14.9 Å². The number of nitro benzene ring substituents is 1. The van der Waals surface area contributed by atoms with Crippen LogP contribution in [0.4, 0.5) is 11.4 Å². The van der Waals surface area contributed by atoms with Crippen molar-refractivity contribution in [3.8, 4) is 5.75 Å². The van der Waals surface area contributed by atoms with Gasteiger partial charge < -0.3 is 14.8 Å². The Morgan fingerprint density at radius 3 is 2.62 bits per heavy atom. The Morgan fingerprint density at radius 1 is 1.19 bits per heavy atom. The van der Waals surface area contributed by atoms with E-state index in [2.05, 4.69) is 5.32 Å². The van der Waals surface area contributed by atoms with E-state index in [0.717, 1.165) is 0 Å². The first-order chi connectivity index (χ1) is 12.4. The van der Waals surface area contributed by atoms with Gasteiger partial charge in [-0.2, -0.15) is 0 Å². The van der Waals surface area contributed by atoms with Crippen molar-refractivity contribution in [3.05, 3.63) is 63.7 Å². The second-order valence-corrected chi connectivity index (χ2v) is 5.30. The van der Waals surface area contributed by atoms with E-state index < -0.39 is 16.8 Å². The molecular weight excluding hydrogens is 340 g/mol. The minimum Gasteiger partial charge on any atom is -0.482 e. The first-order valence-electron chi connectivity index (χ1n) is 7.86. The summed E-state index contributed by atoms with van der Waals surface area (Å²) in [5, 5.41) is 13.8. The van der Waals surface area contributed by atoms with E-state index in [1.807, 2.05) is 0 Å². The topological polar surface area (TPSA) is 108 Å². The summed E-state index contributed by atoms with van der Waals surface area (Å²) in [4.78, 5) is 34.4. The zero-order chi connectivity index (χ0) is 19.1. The largest absolute Gasteiger partial charge is 0.482 e. The maximum atomic E-state index is 12.4. The molecule has 0 heterocycles. The SMILES string of the molecule is CCOC(=O)COc1cccc(NC(=O)c2cccc(C)c2[N+](=O)[O-])c1. The molecule has 2 aromatic carbocycles. The number of rotatable bonds is 7. The number of amides is 1. The monoisotopic (exact) mass is 358 g/mol. The predicted molar refractivity (Wildman–Crippen MR) is 94.4 cm³/mol. The molecule has 0 saturated carbocycles. The predicted octanol–water partition coefficient (Wildman–Crippen LogP) is 3.10. The average Bonchev–Trinajstić information content (AvgIpc) is 2.60. The van der Waals surface area contributed by atoms with E-state index >= 15 is 0 Å². The van der Waals surface area contributed by atoms with Crippen LogP contribution in [0.2, 0.25) is 0 Å². The van der Waals surface area contributed by atoms with Crippen molar-refractivity contribution in [1.82, 2.24) is 0 Å². The van der Waals surface area contributed by atoms with E-state index in [4.69, 9.17) is 9.47 Å². The number of nitrogens with zero attached hydrogens (tertiary/aromatic N) is 1. The fourth-order valence-corrected chi connectivity index (χ4v) is 2.29. The van der Waals surface area contributed by atoms with Gasteiger partial charge in [0.25, 0.3) is 11.6 Å². The summed E-state index contributed by atoms with van der Waals surface area (Å²) in [7, 11) is 0. The molecule has 0 bridgehead atoms. The minimum absolute atomic E-state index is 0.0344. The molecule has 0 atom stereocenters. The quantitative estimate of drug-likeness (QED) is 0.463. The van der Waals surface area contributed by atoms with Crippen LogP contribution < -0.4 is 10.1 Å². The van der Waals surface area contributed by atoms with Crippen molar-refractivity contribution in [2.24, 2.45) is 0 Å². The van der Waals surface area contributed by atoms with Gasteiger partial charge in [-0.25, -0.2) is 4.79 Å².